The van der Waals surface area contributed by atoms with Crippen molar-refractivity contribution >= 4 is 17.3 Å². The van der Waals surface area contributed by atoms with Crippen molar-refractivity contribution in [2.24, 2.45) is 5.92 Å². The molecular weight excluding hydrogens is 351 g/mol. The highest BCUT2D eigenvalue weighted by Crippen LogP contribution is 2.37. The van der Waals surface area contributed by atoms with Crippen molar-refractivity contribution in [3.05, 3.63) is 33.9 Å². The molecule has 0 aromatic heterocycles. The fourth-order valence-corrected chi connectivity index (χ4v) is 3.19. The number of carbonyl (C=O) groups excluding carboxylic acids is 1. The average molecular weight is 373 g/mol. The topological polar surface area (TPSA) is 84.3 Å². The number of amides is 1. The van der Waals surface area contributed by atoms with Gasteiger partial charge in [-0.2, -0.15) is 13.2 Å². The summed E-state index contributed by atoms with van der Waals surface area (Å²) in [5, 5.41) is 16.1. The minimum atomic E-state index is -4.82. The minimum absolute atomic E-state index is 0.142. The normalized spacial score (nSPS) is 21.9. The van der Waals surface area contributed by atoms with Gasteiger partial charge in [-0.25, -0.2) is 0 Å². The van der Waals surface area contributed by atoms with E-state index in [9.17, 15) is 28.1 Å². The Bertz CT molecular complexity index is 679. The van der Waals surface area contributed by atoms with Crippen LogP contribution < -0.4 is 10.6 Å². The van der Waals surface area contributed by atoms with E-state index < -0.39 is 40.0 Å². The molecule has 6 nitrogen and oxygen atoms in total. The van der Waals surface area contributed by atoms with E-state index in [4.69, 9.17) is 0 Å². The number of hydrogen-bond acceptors (Lipinski definition) is 4. The molecule has 0 spiro atoms. The Kier molecular flexibility index (Phi) is 6.22. The smallest absolute Gasteiger partial charge is 0.324 e. The molecule has 2 rings (SSSR count). The van der Waals surface area contributed by atoms with E-state index in [1.54, 1.807) is 6.92 Å². The molecule has 26 heavy (non-hydrogen) atoms. The fourth-order valence-electron chi connectivity index (χ4n) is 3.19. The molecule has 0 aliphatic heterocycles. The molecule has 0 unspecified atom stereocenters. The molecule has 1 aliphatic carbocycles. The first-order valence-electron chi connectivity index (χ1n) is 8.52. The summed E-state index contributed by atoms with van der Waals surface area (Å²) in [7, 11) is 0. The molecule has 1 aromatic carbocycles. The summed E-state index contributed by atoms with van der Waals surface area (Å²) in [6, 6.07) is 1.73. The number of nitro benzene ring substituents is 1. The summed E-state index contributed by atoms with van der Waals surface area (Å²) < 4.78 is 39.5. The van der Waals surface area contributed by atoms with Gasteiger partial charge in [0.05, 0.1) is 22.2 Å². The number of alkyl halides is 3. The largest absolute Gasteiger partial charge is 0.418 e. The Hall–Kier alpha value is -2.16. The number of non-ortho nitro benzene ring substituents is 1. The second kappa shape index (κ2) is 8.03. The highest BCUT2D eigenvalue weighted by atomic mass is 19.4. The Morgan fingerprint density at radius 3 is 2.54 bits per heavy atom. The number of rotatable bonds is 5. The first-order valence-corrected chi connectivity index (χ1v) is 8.52. The molecule has 2 N–H and O–H groups in total. The van der Waals surface area contributed by atoms with Crippen LogP contribution in [0.5, 0.6) is 0 Å². The molecule has 0 radical (unpaired) electrons. The van der Waals surface area contributed by atoms with Crippen LogP contribution in [0.2, 0.25) is 0 Å². The van der Waals surface area contributed by atoms with Gasteiger partial charge in [-0.15, -0.1) is 0 Å². The van der Waals surface area contributed by atoms with Crippen LogP contribution in [0.15, 0.2) is 18.2 Å². The van der Waals surface area contributed by atoms with E-state index in [-0.39, 0.29) is 6.04 Å². The second-order valence-corrected chi connectivity index (χ2v) is 6.73. The van der Waals surface area contributed by atoms with Crippen LogP contribution in [-0.2, 0) is 11.0 Å². The molecule has 1 aromatic rings. The number of nitrogens with one attached hydrogen (secondary N) is 2. The van der Waals surface area contributed by atoms with Gasteiger partial charge in [-0.3, -0.25) is 14.9 Å². The van der Waals surface area contributed by atoms with Gasteiger partial charge in [0.25, 0.3) is 5.69 Å². The number of carbonyl (C=O) groups is 1. The quantitative estimate of drug-likeness (QED) is 0.601. The molecule has 0 heterocycles. The molecule has 1 saturated carbocycles. The Morgan fingerprint density at radius 1 is 1.31 bits per heavy atom. The minimum Gasteiger partial charge on any atom is -0.324 e. The molecule has 144 valence electrons. The molecule has 1 fully saturated rings. The Labute approximate surface area is 149 Å². The van der Waals surface area contributed by atoms with E-state index in [2.05, 4.69) is 17.6 Å². The zero-order valence-corrected chi connectivity index (χ0v) is 14.6. The molecule has 1 amide bonds. The lowest BCUT2D eigenvalue weighted by Crippen LogP contribution is -2.47. The van der Waals surface area contributed by atoms with E-state index in [1.165, 1.54) is 0 Å². The molecular formula is C17H22F3N3O3. The summed E-state index contributed by atoms with van der Waals surface area (Å²) in [5.41, 5.74) is -2.41. The van der Waals surface area contributed by atoms with Gasteiger partial charge in [-0.1, -0.05) is 19.8 Å². The van der Waals surface area contributed by atoms with Gasteiger partial charge in [0.1, 0.15) is 0 Å². The van der Waals surface area contributed by atoms with Crippen molar-refractivity contribution < 1.29 is 22.9 Å². The van der Waals surface area contributed by atoms with Crippen molar-refractivity contribution in [2.75, 3.05) is 5.32 Å². The van der Waals surface area contributed by atoms with Crippen LogP contribution in [0, 0.1) is 16.0 Å². The lowest BCUT2D eigenvalue weighted by molar-refractivity contribution is -0.385. The lowest BCUT2D eigenvalue weighted by atomic mass is 9.85. The van der Waals surface area contributed by atoms with Crippen molar-refractivity contribution in [1.82, 2.24) is 5.32 Å². The predicted molar refractivity (Wildman–Crippen MR) is 90.7 cm³/mol. The standard InChI is InChI=1S/C17H22F3N3O3/c1-10-5-3-4-6-14(10)21-11(2)16(24)22-15-8-7-12(23(25)26)9-13(15)17(18,19)20/h7-11,14,21H,3-6H2,1-2H3,(H,22,24)/t10-,11-,14+/m0/s1. The van der Waals surface area contributed by atoms with Crippen molar-refractivity contribution in [2.45, 2.75) is 57.8 Å². The molecule has 0 bridgehead atoms. The lowest BCUT2D eigenvalue weighted by Gasteiger charge is -2.31. The highest BCUT2D eigenvalue weighted by Gasteiger charge is 2.36. The average Bonchev–Trinajstić information content (AvgIpc) is 2.56. The summed E-state index contributed by atoms with van der Waals surface area (Å²) in [5.74, 6) is -0.216. The van der Waals surface area contributed by atoms with Crippen LogP contribution in [0.3, 0.4) is 0 Å². The third-order valence-corrected chi connectivity index (χ3v) is 4.75. The number of hydrogen-bond donors (Lipinski definition) is 2. The van der Waals surface area contributed by atoms with Crippen LogP contribution in [0.25, 0.3) is 0 Å². The number of nitro groups is 1. The zero-order chi connectivity index (χ0) is 19.5. The predicted octanol–water partition coefficient (Wildman–Crippen LogP) is 4.11. The molecule has 3 atom stereocenters. The van der Waals surface area contributed by atoms with Gasteiger partial charge < -0.3 is 10.6 Å². The summed E-state index contributed by atoms with van der Waals surface area (Å²) in [6.45, 7) is 3.68. The van der Waals surface area contributed by atoms with Crippen LogP contribution >= 0.6 is 0 Å². The number of benzene rings is 1. The monoisotopic (exact) mass is 373 g/mol. The van der Waals surface area contributed by atoms with Crippen LogP contribution in [0.4, 0.5) is 24.5 Å². The maximum Gasteiger partial charge on any atom is 0.418 e. The van der Waals surface area contributed by atoms with Gasteiger partial charge in [0, 0.05) is 18.2 Å². The van der Waals surface area contributed by atoms with E-state index in [0.29, 0.717) is 12.0 Å². The maximum atomic E-state index is 13.2. The van der Waals surface area contributed by atoms with Crippen LogP contribution in [0.1, 0.15) is 45.1 Å². The summed E-state index contributed by atoms with van der Waals surface area (Å²) >= 11 is 0. The SMILES string of the molecule is C[C@H](N[C@@H]1CCCC[C@@H]1C)C(=O)Nc1ccc([N+](=O)[O-])cc1C(F)(F)F. The van der Waals surface area contributed by atoms with E-state index in [0.717, 1.165) is 37.8 Å². The van der Waals surface area contributed by atoms with Crippen molar-refractivity contribution in [3.8, 4) is 0 Å². The number of anilines is 1. The molecule has 9 heteroatoms. The fraction of sp³-hybridized carbons (Fsp3) is 0.588. The number of halogens is 3. The van der Waals surface area contributed by atoms with E-state index in [1.807, 2.05) is 0 Å². The van der Waals surface area contributed by atoms with Crippen molar-refractivity contribution in [3.63, 3.8) is 0 Å². The molecule has 0 saturated heterocycles. The third kappa shape index (κ3) is 4.94. The van der Waals surface area contributed by atoms with Gasteiger partial charge >= 0.3 is 6.18 Å². The number of nitrogens with zero attached hydrogens (tertiary/aromatic N) is 1. The van der Waals surface area contributed by atoms with Gasteiger partial charge in [0.2, 0.25) is 5.91 Å². The highest BCUT2D eigenvalue weighted by molar-refractivity contribution is 5.95. The second-order valence-electron chi connectivity index (χ2n) is 6.73. The molecule has 1 aliphatic rings. The maximum absolute atomic E-state index is 13.2. The van der Waals surface area contributed by atoms with E-state index >= 15 is 0 Å². The van der Waals surface area contributed by atoms with Crippen LogP contribution in [-0.4, -0.2) is 22.9 Å². The summed E-state index contributed by atoms with van der Waals surface area (Å²) in [6.07, 6.45) is -0.658. The Morgan fingerprint density at radius 2 is 1.96 bits per heavy atom. The first kappa shape index (κ1) is 20.2. The van der Waals surface area contributed by atoms with Gasteiger partial charge in [0.15, 0.2) is 0 Å². The van der Waals surface area contributed by atoms with Crippen molar-refractivity contribution in [1.29, 1.82) is 0 Å². The third-order valence-electron chi connectivity index (χ3n) is 4.75. The zero-order valence-electron chi connectivity index (χ0n) is 14.6. The Balaban J connectivity index is 2.13. The first-order chi connectivity index (χ1) is 12.1. The van der Waals surface area contributed by atoms with Gasteiger partial charge in [-0.05, 0) is 31.7 Å². The summed E-state index contributed by atoms with van der Waals surface area (Å²) in [4.78, 5) is 22.1.